The molecule has 1 aliphatic heterocycles. The number of pyridine rings is 1. The summed E-state index contributed by atoms with van der Waals surface area (Å²) in [6, 6.07) is 9.97. The molecule has 0 bridgehead atoms. The summed E-state index contributed by atoms with van der Waals surface area (Å²) in [6.07, 6.45) is 0.612. The lowest BCUT2D eigenvalue weighted by Crippen LogP contribution is -2.46. The predicted octanol–water partition coefficient (Wildman–Crippen LogP) is 1.66. The second-order valence-electron chi connectivity index (χ2n) is 8.53. The summed E-state index contributed by atoms with van der Waals surface area (Å²) >= 11 is 0. The van der Waals surface area contributed by atoms with Gasteiger partial charge in [-0.3, -0.25) is 9.59 Å². The molecule has 1 saturated heterocycles. The number of cyclic esters (lactones) is 1. The van der Waals surface area contributed by atoms with Crippen molar-refractivity contribution in [2.45, 2.75) is 38.0 Å². The third-order valence-electron chi connectivity index (χ3n) is 5.94. The van der Waals surface area contributed by atoms with Crippen LogP contribution in [0.1, 0.15) is 29.4 Å². The van der Waals surface area contributed by atoms with Crippen molar-refractivity contribution in [3.05, 3.63) is 53.9 Å². The van der Waals surface area contributed by atoms with Gasteiger partial charge in [-0.05, 0) is 18.9 Å². The van der Waals surface area contributed by atoms with E-state index >= 15 is 0 Å². The van der Waals surface area contributed by atoms with E-state index in [4.69, 9.17) is 18.9 Å². The predicted molar refractivity (Wildman–Crippen MR) is 130 cm³/mol. The van der Waals surface area contributed by atoms with Gasteiger partial charge in [0.25, 0.3) is 5.91 Å². The molecule has 1 aromatic carbocycles. The average molecular weight is 517 g/mol. The monoisotopic (exact) mass is 516 g/mol. The molecule has 1 amide bonds. The van der Waals surface area contributed by atoms with Crippen LogP contribution in [-0.4, -0.2) is 80.2 Å². The van der Waals surface area contributed by atoms with Crippen LogP contribution < -0.4 is 10.1 Å². The number of carbonyl (C=O) groups is 3. The highest BCUT2D eigenvalue weighted by atomic mass is 16.6. The molecule has 4 unspecified atom stereocenters. The van der Waals surface area contributed by atoms with Crippen molar-refractivity contribution in [3.63, 3.8) is 0 Å². The Morgan fingerprint density at radius 2 is 1.92 bits per heavy atom. The van der Waals surface area contributed by atoms with Crippen molar-refractivity contribution in [2.24, 2.45) is 5.92 Å². The number of aromatic nitrogens is 1. The van der Waals surface area contributed by atoms with E-state index < -0.39 is 41.8 Å². The molecule has 0 radical (unpaired) electrons. The van der Waals surface area contributed by atoms with Gasteiger partial charge in [0.05, 0.1) is 46.6 Å². The molecule has 2 N–H and O–H groups in total. The molecule has 0 saturated carbocycles. The molecule has 4 atom stereocenters. The van der Waals surface area contributed by atoms with Crippen molar-refractivity contribution < 1.29 is 43.2 Å². The number of benzene rings is 1. The number of methoxy groups -OCH3 is 2. The number of hydrogen-bond donors (Lipinski definition) is 2. The van der Waals surface area contributed by atoms with E-state index in [0.29, 0.717) is 6.42 Å². The molecule has 2 aromatic rings. The molecular formula is C26H32N2O9. The van der Waals surface area contributed by atoms with Crippen LogP contribution in [0.4, 0.5) is 0 Å². The number of ether oxygens (including phenoxy) is 5. The summed E-state index contributed by atoms with van der Waals surface area (Å²) in [5, 5.41) is 12.8. The Bertz CT molecular complexity index is 1060. The Morgan fingerprint density at radius 3 is 2.62 bits per heavy atom. The number of amides is 1. The first-order chi connectivity index (χ1) is 17.8. The van der Waals surface area contributed by atoms with Crippen LogP contribution in [0.25, 0.3) is 0 Å². The average Bonchev–Trinajstić information content (AvgIpc) is 2.94. The third-order valence-corrected chi connectivity index (χ3v) is 5.94. The number of carbonyl (C=O) groups excluding carboxylic acids is 3. The van der Waals surface area contributed by atoms with Gasteiger partial charge in [-0.2, -0.15) is 0 Å². The lowest BCUT2D eigenvalue weighted by atomic mass is 9.91. The van der Waals surface area contributed by atoms with Crippen molar-refractivity contribution in [1.29, 1.82) is 0 Å². The second kappa shape index (κ2) is 13.6. The SMILES string of the molecule is COC(=O)CCOC1C(Cc2ccccc2)COCC(NC(=O)c2nccc(OC)c2O)C(=O)OC1C. The molecule has 1 aliphatic rings. The molecule has 11 nitrogen and oxygen atoms in total. The van der Waals surface area contributed by atoms with Gasteiger partial charge >= 0.3 is 11.9 Å². The molecule has 11 heteroatoms. The van der Waals surface area contributed by atoms with Crippen LogP contribution in [0.15, 0.2) is 42.6 Å². The van der Waals surface area contributed by atoms with Crippen molar-refractivity contribution in [3.8, 4) is 11.5 Å². The molecule has 0 spiro atoms. The summed E-state index contributed by atoms with van der Waals surface area (Å²) in [5.41, 5.74) is 0.742. The first kappa shape index (κ1) is 27.9. The van der Waals surface area contributed by atoms with E-state index in [1.54, 1.807) is 6.92 Å². The van der Waals surface area contributed by atoms with Crippen LogP contribution in [0, 0.1) is 5.92 Å². The highest BCUT2D eigenvalue weighted by molar-refractivity contribution is 5.98. The Morgan fingerprint density at radius 1 is 1.16 bits per heavy atom. The van der Waals surface area contributed by atoms with Gasteiger partial charge in [-0.1, -0.05) is 30.3 Å². The zero-order valence-corrected chi connectivity index (χ0v) is 21.0. The van der Waals surface area contributed by atoms with E-state index in [1.807, 2.05) is 30.3 Å². The smallest absolute Gasteiger partial charge is 0.331 e. The fourth-order valence-electron chi connectivity index (χ4n) is 4.05. The number of hydrogen-bond acceptors (Lipinski definition) is 10. The summed E-state index contributed by atoms with van der Waals surface area (Å²) in [7, 11) is 2.64. The molecule has 37 heavy (non-hydrogen) atoms. The van der Waals surface area contributed by atoms with E-state index in [-0.39, 0.29) is 43.6 Å². The first-order valence-electron chi connectivity index (χ1n) is 11.9. The largest absolute Gasteiger partial charge is 0.503 e. The van der Waals surface area contributed by atoms with Gasteiger partial charge < -0.3 is 34.1 Å². The summed E-state index contributed by atoms with van der Waals surface area (Å²) in [5.74, 6) is -2.54. The fourth-order valence-corrected chi connectivity index (χ4v) is 4.05. The normalized spacial score (nSPS) is 22.1. The fraction of sp³-hybridized carbons (Fsp3) is 0.462. The van der Waals surface area contributed by atoms with E-state index in [9.17, 15) is 19.5 Å². The Hall–Kier alpha value is -3.70. The Labute approximate surface area is 215 Å². The van der Waals surface area contributed by atoms with Gasteiger partial charge in [0.1, 0.15) is 6.10 Å². The molecule has 200 valence electrons. The lowest BCUT2D eigenvalue weighted by Gasteiger charge is -2.30. The standard InChI is InChI=1S/C26H32N2O9/c1-16-24(36-12-10-21(29)34-3)18(13-17-7-5-4-6-8-17)14-35-15-19(26(32)37-16)28-25(31)22-23(30)20(33-2)9-11-27-22/h4-9,11,16,18-19,24,30H,10,12-15H2,1-3H3,(H,28,31). The maximum atomic E-state index is 13.0. The van der Waals surface area contributed by atoms with Crippen LogP contribution >= 0.6 is 0 Å². The first-order valence-corrected chi connectivity index (χ1v) is 11.9. The van der Waals surface area contributed by atoms with Crippen LogP contribution in [-0.2, 0) is 35.0 Å². The Kier molecular flexibility index (Phi) is 10.2. The topological polar surface area (TPSA) is 143 Å². The van der Waals surface area contributed by atoms with Gasteiger partial charge in [0, 0.05) is 18.2 Å². The quantitative estimate of drug-likeness (QED) is 0.473. The Balaban J connectivity index is 1.77. The zero-order chi connectivity index (χ0) is 26.8. The number of nitrogens with one attached hydrogen (secondary N) is 1. The molecule has 1 fully saturated rings. The van der Waals surface area contributed by atoms with Gasteiger partial charge in [0.15, 0.2) is 23.2 Å². The minimum atomic E-state index is -1.16. The molecule has 1 aromatic heterocycles. The molecule has 3 rings (SSSR count). The van der Waals surface area contributed by atoms with Crippen molar-refractivity contribution >= 4 is 17.8 Å². The van der Waals surface area contributed by atoms with E-state index in [1.165, 1.54) is 26.5 Å². The maximum absolute atomic E-state index is 13.0. The number of aromatic hydroxyl groups is 1. The molecule has 2 heterocycles. The summed E-state index contributed by atoms with van der Waals surface area (Å²) in [4.78, 5) is 41.3. The van der Waals surface area contributed by atoms with Gasteiger partial charge in [-0.15, -0.1) is 0 Å². The van der Waals surface area contributed by atoms with Crippen LogP contribution in [0.2, 0.25) is 0 Å². The number of nitrogens with zero attached hydrogens (tertiary/aromatic N) is 1. The highest BCUT2D eigenvalue weighted by Gasteiger charge is 2.36. The zero-order valence-electron chi connectivity index (χ0n) is 21.0. The van der Waals surface area contributed by atoms with Crippen LogP contribution in [0.3, 0.4) is 0 Å². The molecule has 0 aliphatic carbocycles. The second-order valence-corrected chi connectivity index (χ2v) is 8.53. The summed E-state index contributed by atoms with van der Waals surface area (Å²) in [6.45, 7) is 1.81. The molecular weight excluding hydrogens is 484 g/mol. The van der Waals surface area contributed by atoms with Gasteiger partial charge in [-0.25, -0.2) is 9.78 Å². The summed E-state index contributed by atoms with van der Waals surface area (Å²) < 4.78 is 27.3. The number of rotatable bonds is 9. The van der Waals surface area contributed by atoms with Crippen molar-refractivity contribution in [1.82, 2.24) is 10.3 Å². The number of esters is 2. The van der Waals surface area contributed by atoms with Crippen molar-refractivity contribution in [2.75, 3.05) is 34.0 Å². The van der Waals surface area contributed by atoms with Crippen LogP contribution in [0.5, 0.6) is 11.5 Å². The van der Waals surface area contributed by atoms with Gasteiger partial charge in [0.2, 0.25) is 0 Å². The minimum absolute atomic E-state index is 0.0439. The van der Waals surface area contributed by atoms with E-state index in [0.717, 1.165) is 5.56 Å². The van der Waals surface area contributed by atoms with E-state index in [2.05, 4.69) is 15.0 Å². The minimum Gasteiger partial charge on any atom is -0.503 e. The third kappa shape index (κ3) is 7.64. The lowest BCUT2D eigenvalue weighted by molar-refractivity contribution is -0.161. The maximum Gasteiger partial charge on any atom is 0.331 e. The highest BCUT2D eigenvalue weighted by Crippen LogP contribution is 2.28.